The van der Waals surface area contributed by atoms with E-state index in [0.717, 1.165) is 43.1 Å². The number of hydrogen-bond acceptors (Lipinski definition) is 5. The second-order valence-corrected chi connectivity index (χ2v) is 5.98. The van der Waals surface area contributed by atoms with Gasteiger partial charge in [0, 0.05) is 37.7 Å². The molecule has 22 heavy (non-hydrogen) atoms. The van der Waals surface area contributed by atoms with Crippen molar-refractivity contribution >= 4 is 23.0 Å². The highest BCUT2D eigenvalue weighted by Crippen LogP contribution is 2.35. The summed E-state index contributed by atoms with van der Waals surface area (Å²) < 4.78 is 22.2. The van der Waals surface area contributed by atoms with E-state index in [2.05, 4.69) is 10.2 Å². The Morgan fingerprint density at radius 1 is 1.09 bits per heavy atom. The van der Waals surface area contributed by atoms with Crippen LogP contribution in [0, 0.1) is 0 Å². The van der Waals surface area contributed by atoms with Gasteiger partial charge in [-0.3, -0.25) is 0 Å². The fraction of sp³-hybridized carbons (Fsp3) is 0.533. The van der Waals surface area contributed by atoms with Crippen LogP contribution in [0.4, 0.5) is 5.69 Å². The monoisotopic (exact) mass is 322 g/mol. The van der Waals surface area contributed by atoms with Gasteiger partial charge < -0.3 is 29.2 Å². The first-order valence-corrected chi connectivity index (χ1v) is 7.88. The summed E-state index contributed by atoms with van der Waals surface area (Å²) in [7, 11) is 0. The maximum atomic E-state index is 5.74. The van der Waals surface area contributed by atoms with Crippen LogP contribution in [0.3, 0.4) is 0 Å². The van der Waals surface area contributed by atoms with Gasteiger partial charge in [0.15, 0.2) is 22.4 Å². The van der Waals surface area contributed by atoms with E-state index in [0.29, 0.717) is 18.3 Å². The molecule has 1 spiro atoms. The molecule has 3 aliphatic rings. The van der Waals surface area contributed by atoms with Gasteiger partial charge in [0.1, 0.15) is 0 Å². The second-order valence-electron chi connectivity index (χ2n) is 5.59. The number of benzene rings is 1. The highest BCUT2D eigenvalue weighted by molar-refractivity contribution is 7.80. The van der Waals surface area contributed by atoms with Gasteiger partial charge in [0.05, 0.1) is 13.2 Å². The van der Waals surface area contributed by atoms with Crippen molar-refractivity contribution < 1.29 is 18.9 Å². The molecular formula is C15H18N2O4S. The molecule has 2 saturated heterocycles. The van der Waals surface area contributed by atoms with Crippen molar-refractivity contribution in [3.8, 4) is 11.5 Å². The van der Waals surface area contributed by atoms with Crippen molar-refractivity contribution in [3.63, 3.8) is 0 Å². The van der Waals surface area contributed by atoms with Gasteiger partial charge in [0.25, 0.3) is 0 Å². The molecule has 0 saturated carbocycles. The van der Waals surface area contributed by atoms with Crippen LogP contribution < -0.4 is 14.8 Å². The number of fused-ring (bicyclic) bond motifs is 1. The second kappa shape index (κ2) is 5.57. The Morgan fingerprint density at radius 3 is 2.59 bits per heavy atom. The van der Waals surface area contributed by atoms with Gasteiger partial charge in [-0.05, 0) is 24.4 Å². The molecule has 3 aliphatic heterocycles. The van der Waals surface area contributed by atoms with E-state index in [-0.39, 0.29) is 12.6 Å². The molecule has 6 nitrogen and oxygen atoms in total. The smallest absolute Gasteiger partial charge is 0.231 e. The van der Waals surface area contributed by atoms with E-state index < -0.39 is 0 Å². The molecule has 2 fully saturated rings. The van der Waals surface area contributed by atoms with E-state index in [1.807, 2.05) is 18.2 Å². The number of piperidine rings is 1. The van der Waals surface area contributed by atoms with Crippen LogP contribution in [0.1, 0.15) is 12.8 Å². The average molecular weight is 322 g/mol. The number of ether oxygens (including phenoxy) is 4. The number of nitrogens with zero attached hydrogens (tertiary/aromatic N) is 1. The van der Waals surface area contributed by atoms with Crippen LogP contribution in [0.15, 0.2) is 18.2 Å². The molecule has 4 rings (SSSR count). The van der Waals surface area contributed by atoms with E-state index >= 15 is 0 Å². The van der Waals surface area contributed by atoms with Crippen molar-refractivity contribution in [1.82, 2.24) is 4.90 Å². The Kier molecular flexibility index (Phi) is 3.56. The molecule has 0 bridgehead atoms. The summed E-state index contributed by atoms with van der Waals surface area (Å²) in [6.07, 6.45) is 1.69. The maximum absolute atomic E-state index is 5.74. The standard InChI is InChI=1S/C15H18N2O4S/c22-14(16-11-1-2-12-13(9-11)19-10-18-12)17-5-3-15(4-6-17)20-7-8-21-15/h1-2,9H,3-8,10H2,(H,16,22). The Hall–Kier alpha value is -1.57. The van der Waals surface area contributed by atoms with E-state index in [1.54, 1.807) is 0 Å². The minimum Gasteiger partial charge on any atom is -0.454 e. The van der Waals surface area contributed by atoms with Crippen LogP contribution in [-0.4, -0.2) is 48.9 Å². The molecule has 0 aromatic heterocycles. The van der Waals surface area contributed by atoms with Crippen LogP contribution in [0.5, 0.6) is 11.5 Å². The molecule has 118 valence electrons. The maximum Gasteiger partial charge on any atom is 0.231 e. The van der Waals surface area contributed by atoms with Gasteiger partial charge in [-0.1, -0.05) is 0 Å². The summed E-state index contributed by atoms with van der Waals surface area (Å²) in [5.41, 5.74) is 0.905. The molecule has 3 heterocycles. The molecule has 0 atom stereocenters. The summed E-state index contributed by atoms with van der Waals surface area (Å²) in [4.78, 5) is 2.15. The number of rotatable bonds is 1. The van der Waals surface area contributed by atoms with Gasteiger partial charge >= 0.3 is 0 Å². The summed E-state index contributed by atoms with van der Waals surface area (Å²) in [6, 6.07) is 5.73. The number of likely N-dealkylation sites (tertiary alicyclic amines) is 1. The molecule has 1 N–H and O–H groups in total. The number of hydrogen-bond donors (Lipinski definition) is 1. The Bertz CT molecular complexity index is 579. The first-order chi connectivity index (χ1) is 10.7. The van der Waals surface area contributed by atoms with Gasteiger partial charge in [-0.25, -0.2) is 0 Å². The zero-order valence-corrected chi connectivity index (χ0v) is 13.0. The van der Waals surface area contributed by atoms with Gasteiger partial charge in [-0.15, -0.1) is 0 Å². The molecule has 0 aliphatic carbocycles. The fourth-order valence-corrected chi connectivity index (χ4v) is 3.31. The fourth-order valence-electron chi connectivity index (χ4n) is 3.01. The predicted molar refractivity (Wildman–Crippen MR) is 84.2 cm³/mol. The molecule has 0 unspecified atom stereocenters. The number of thiocarbonyl (C=S) groups is 1. The van der Waals surface area contributed by atoms with Gasteiger partial charge in [-0.2, -0.15) is 0 Å². The molecule has 7 heteroatoms. The van der Waals surface area contributed by atoms with Crippen LogP contribution >= 0.6 is 12.2 Å². The quantitative estimate of drug-likeness (QED) is 0.793. The minimum atomic E-state index is -0.370. The highest BCUT2D eigenvalue weighted by atomic mass is 32.1. The molecule has 1 aromatic rings. The number of nitrogens with one attached hydrogen (secondary N) is 1. The van der Waals surface area contributed by atoms with Crippen molar-refractivity contribution in [2.75, 3.05) is 38.4 Å². The Morgan fingerprint density at radius 2 is 1.82 bits per heavy atom. The third kappa shape index (κ3) is 2.60. The molecule has 0 radical (unpaired) electrons. The lowest BCUT2D eigenvalue weighted by atomic mass is 10.0. The van der Waals surface area contributed by atoms with E-state index in [4.69, 9.17) is 31.2 Å². The lowest BCUT2D eigenvalue weighted by Crippen LogP contribution is -2.48. The zero-order chi connectivity index (χ0) is 15.0. The first kappa shape index (κ1) is 14.0. The third-order valence-corrected chi connectivity index (χ3v) is 4.61. The minimum absolute atomic E-state index is 0.275. The van der Waals surface area contributed by atoms with Crippen molar-refractivity contribution in [3.05, 3.63) is 18.2 Å². The molecular weight excluding hydrogens is 304 g/mol. The third-order valence-electron chi connectivity index (χ3n) is 4.25. The van der Waals surface area contributed by atoms with Gasteiger partial charge in [0.2, 0.25) is 6.79 Å². The summed E-state index contributed by atoms with van der Waals surface area (Å²) >= 11 is 5.51. The van der Waals surface area contributed by atoms with E-state index in [9.17, 15) is 0 Å². The van der Waals surface area contributed by atoms with Crippen molar-refractivity contribution in [2.24, 2.45) is 0 Å². The Labute approximate surface area is 134 Å². The average Bonchev–Trinajstić information content (AvgIpc) is 3.17. The lowest BCUT2D eigenvalue weighted by Gasteiger charge is -2.38. The predicted octanol–water partition coefficient (Wildman–Crippen LogP) is 1.95. The molecule has 0 amide bonds. The summed E-state index contributed by atoms with van der Waals surface area (Å²) in [6.45, 7) is 3.32. The number of anilines is 1. The first-order valence-electron chi connectivity index (χ1n) is 7.48. The van der Waals surface area contributed by atoms with Crippen LogP contribution in [0.2, 0.25) is 0 Å². The molecule has 1 aromatic carbocycles. The SMILES string of the molecule is S=C(Nc1ccc2c(c1)OCO2)N1CCC2(CC1)OCCO2. The van der Waals surface area contributed by atoms with Crippen LogP contribution in [-0.2, 0) is 9.47 Å². The highest BCUT2D eigenvalue weighted by Gasteiger charge is 2.40. The summed E-state index contributed by atoms with van der Waals surface area (Å²) in [5.74, 6) is 1.15. The largest absolute Gasteiger partial charge is 0.454 e. The normalized spacial score (nSPS) is 22.1. The zero-order valence-electron chi connectivity index (χ0n) is 12.2. The van der Waals surface area contributed by atoms with Crippen molar-refractivity contribution in [2.45, 2.75) is 18.6 Å². The Balaban J connectivity index is 1.36. The lowest BCUT2D eigenvalue weighted by molar-refractivity contribution is -0.180. The van der Waals surface area contributed by atoms with E-state index in [1.165, 1.54) is 0 Å². The summed E-state index contributed by atoms with van der Waals surface area (Å²) in [5, 5.41) is 3.98. The van der Waals surface area contributed by atoms with Crippen molar-refractivity contribution in [1.29, 1.82) is 0 Å². The topological polar surface area (TPSA) is 52.2 Å². The van der Waals surface area contributed by atoms with Crippen LogP contribution in [0.25, 0.3) is 0 Å².